The molecule has 19 heavy (non-hydrogen) atoms. The van der Waals surface area contributed by atoms with Crippen molar-refractivity contribution in [1.29, 1.82) is 0 Å². The summed E-state index contributed by atoms with van der Waals surface area (Å²) in [7, 11) is 0. The van der Waals surface area contributed by atoms with Gasteiger partial charge in [-0.2, -0.15) is 0 Å². The predicted molar refractivity (Wildman–Crippen MR) is 64.9 cm³/mol. The number of rotatable bonds is 4. The number of aromatic nitrogens is 3. The lowest BCUT2D eigenvalue weighted by atomic mass is 10.2. The Morgan fingerprint density at radius 2 is 2.32 bits per heavy atom. The van der Waals surface area contributed by atoms with Crippen LogP contribution in [0, 0.1) is 0 Å². The van der Waals surface area contributed by atoms with Crippen LogP contribution < -0.4 is 5.73 Å². The van der Waals surface area contributed by atoms with Gasteiger partial charge in [0, 0.05) is 25.0 Å². The second-order valence-corrected chi connectivity index (χ2v) is 3.82. The molecule has 0 aliphatic rings. The third-order valence-corrected chi connectivity index (χ3v) is 2.38. The number of nitrogens with zero attached hydrogens (tertiary/aromatic N) is 2. The number of aromatic amines is 1. The predicted octanol–water partition coefficient (Wildman–Crippen LogP) is 0.0581. The topological polar surface area (TPSA) is 111 Å². The van der Waals surface area contributed by atoms with Gasteiger partial charge in [0.1, 0.15) is 6.04 Å². The Kier molecular flexibility index (Phi) is 3.99. The van der Waals surface area contributed by atoms with Crippen molar-refractivity contribution in [3.8, 4) is 0 Å². The van der Waals surface area contributed by atoms with Gasteiger partial charge in [0.15, 0.2) is 0 Å². The Morgan fingerprint density at radius 3 is 2.95 bits per heavy atom. The Balaban J connectivity index is 1.92. The summed E-state index contributed by atoms with van der Waals surface area (Å²) < 4.78 is 4.67. The van der Waals surface area contributed by atoms with Crippen LogP contribution in [0.5, 0.6) is 0 Å². The molecule has 0 saturated heterocycles. The van der Waals surface area contributed by atoms with Gasteiger partial charge in [0.2, 0.25) is 0 Å². The van der Waals surface area contributed by atoms with Gasteiger partial charge in [-0.1, -0.05) is 0 Å². The molecule has 0 spiro atoms. The number of ether oxygens (including phenoxy) is 1. The maximum atomic E-state index is 11.6. The zero-order chi connectivity index (χ0) is 13.7. The lowest BCUT2D eigenvalue weighted by Crippen LogP contribution is -2.35. The Bertz CT molecular complexity index is 554. The van der Waals surface area contributed by atoms with Crippen molar-refractivity contribution in [3.63, 3.8) is 0 Å². The molecule has 0 fully saturated rings. The van der Waals surface area contributed by atoms with Crippen LogP contribution in [0.4, 0.5) is 0 Å². The smallest absolute Gasteiger partial charge is 0.347 e. The summed E-state index contributed by atoms with van der Waals surface area (Å²) in [5, 5.41) is 0. The van der Waals surface area contributed by atoms with Crippen LogP contribution >= 0.6 is 0 Å². The average molecular weight is 260 g/mol. The number of carbonyl (C=O) groups is 2. The molecule has 2 rings (SSSR count). The van der Waals surface area contributed by atoms with Crippen LogP contribution in [0.1, 0.15) is 16.1 Å². The number of nitrogens with two attached hydrogens (primary N) is 1. The molecule has 0 amide bonds. The van der Waals surface area contributed by atoms with Crippen LogP contribution in [0.2, 0.25) is 0 Å². The van der Waals surface area contributed by atoms with Gasteiger partial charge >= 0.3 is 11.9 Å². The van der Waals surface area contributed by atoms with Gasteiger partial charge in [0.25, 0.3) is 0 Å². The van der Waals surface area contributed by atoms with Crippen molar-refractivity contribution in [2.75, 3.05) is 0 Å². The van der Waals surface area contributed by atoms with E-state index in [0.717, 1.165) is 0 Å². The number of hydrogen-bond acceptors (Lipinski definition) is 6. The SMILES string of the molecule is N[C@@H](Cc1c[nH]cn1)C(=O)OC(=O)c1cccnc1. The normalized spacial score (nSPS) is 11.8. The number of pyridine rings is 1. The fourth-order valence-electron chi connectivity index (χ4n) is 1.42. The summed E-state index contributed by atoms with van der Waals surface area (Å²) in [6.07, 6.45) is 6.13. The molecule has 7 heteroatoms. The number of esters is 2. The summed E-state index contributed by atoms with van der Waals surface area (Å²) in [5.74, 6) is -1.56. The number of nitrogens with one attached hydrogen (secondary N) is 1. The molecule has 0 unspecified atom stereocenters. The molecule has 0 aliphatic carbocycles. The minimum atomic E-state index is -0.941. The molecule has 0 aliphatic heterocycles. The lowest BCUT2D eigenvalue weighted by molar-refractivity contribution is -0.139. The zero-order valence-corrected chi connectivity index (χ0v) is 9.95. The monoisotopic (exact) mass is 260 g/mol. The molecule has 3 N–H and O–H groups in total. The lowest BCUT2D eigenvalue weighted by Gasteiger charge is -2.08. The van der Waals surface area contributed by atoms with E-state index in [-0.39, 0.29) is 12.0 Å². The maximum Gasteiger partial charge on any atom is 0.347 e. The van der Waals surface area contributed by atoms with Crippen molar-refractivity contribution in [2.24, 2.45) is 5.73 Å². The van der Waals surface area contributed by atoms with E-state index in [9.17, 15) is 9.59 Å². The van der Waals surface area contributed by atoms with Gasteiger partial charge in [-0.25, -0.2) is 14.6 Å². The first-order valence-corrected chi connectivity index (χ1v) is 5.56. The highest BCUT2D eigenvalue weighted by Crippen LogP contribution is 2.03. The highest BCUT2D eigenvalue weighted by molar-refractivity contribution is 5.97. The average Bonchev–Trinajstić information content (AvgIpc) is 2.92. The molecular weight excluding hydrogens is 248 g/mol. The van der Waals surface area contributed by atoms with E-state index in [4.69, 9.17) is 5.73 Å². The fraction of sp³-hybridized carbons (Fsp3) is 0.167. The second kappa shape index (κ2) is 5.87. The number of H-pyrrole nitrogens is 1. The highest BCUT2D eigenvalue weighted by Gasteiger charge is 2.20. The van der Waals surface area contributed by atoms with Crippen LogP contribution in [0.25, 0.3) is 0 Å². The standard InChI is InChI=1S/C12H12N4O3/c13-10(4-9-6-15-7-16-9)12(18)19-11(17)8-2-1-3-14-5-8/h1-3,5-7,10H,4,13H2,(H,15,16)/t10-/m0/s1. The van der Waals surface area contributed by atoms with E-state index in [1.54, 1.807) is 12.3 Å². The Labute approximate surface area is 108 Å². The molecule has 0 bridgehead atoms. The van der Waals surface area contributed by atoms with E-state index in [2.05, 4.69) is 19.7 Å². The first kappa shape index (κ1) is 12.9. The van der Waals surface area contributed by atoms with E-state index < -0.39 is 18.0 Å². The third kappa shape index (κ3) is 3.46. The van der Waals surface area contributed by atoms with Crippen molar-refractivity contribution in [1.82, 2.24) is 15.0 Å². The Hall–Kier alpha value is -2.54. The van der Waals surface area contributed by atoms with Gasteiger partial charge in [-0.15, -0.1) is 0 Å². The summed E-state index contributed by atoms with van der Waals surface area (Å²) in [4.78, 5) is 33.7. The quantitative estimate of drug-likeness (QED) is 0.594. The van der Waals surface area contributed by atoms with Crippen molar-refractivity contribution in [2.45, 2.75) is 12.5 Å². The van der Waals surface area contributed by atoms with Crippen LogP contribution in [-0.4, -0.2) is 32.9 Å². The summed E-state index contributed by atoms with van der Waals surface area (Å²) in [6, 6.07) is 2.14. The van der Waals surface area contributed by atoms with E-state index in [1.807, 2.05) is 0 Å². The van der Waals surface area contributed by atoms with Crippen LogP contribution in [0.15, 0.2) is 37.1 Å². The number of hydrogen-bond donors (Lipinski definition) is 2. The summed E-state index contributed by atoms with van der Waals surface area (Å²) >= 11 is 0. The van der Waals surface area contributed by atoms with Crippen molar-refractivity contribution in [3.05, 3.63) is 48.3 Å². The Morgan fingerprint density at radius 1 is 1.47 bits per heavy atom. The molecule has 98 valence electrons. The van der Waals surface area contributed by atoms with E-state index in [0.29, 0.717) is 5.69 Å². The third-order valence-electron chi connectivity index (χ3n) is 2.38. The summed E-state index contributed by atoms with van der Waals surface area (Å²) in [5.41, 5.74) is 6.46. The first-order valence-electron chi connectivity index (χ1n) is 5.56. The molecule has 1 atom stereocenters. The van der Waals surface area contributed by atoms with E-state index >= 15 is 0 Å². The minimum absolute atomic E-state index is 0.197. The van der Waals surface area contributed by atoms with Crippen LogP contribution in [0.3, 0.4) is 0 Å². The molecular formula is C12H12N4O3. The fourth-order valence-corrected chi connectivity index (χ4v) is 1.42. The van der Waals surface area contributed by atoms with E-state index in [1.165, 1.54) is 24.8 Å². The number of imidazole rings is 1. The highest BCUT2D eigenvalue weighted by atomic mass is 16.6. The molecule has 7 nitrogen and oxygen atoms in total. The first-order chi connectivity index (χ1) is 9.16. The van der Waals surface area contributed by atoms with Crippen molar-refractivity contribution >= 4 is 11.9 Å². The molecule has 2 aromatic heterocycles. The largest absolute Gasteiger partial charge is 0.388 e. The maximum absolute atomic E-state index is 11.6. The van der Waals surface area contributed by atoms with Gasteiger partial charge in [0.05, 0.1) is 17.6 Å². The minimum Gasteiger partial charge on any atom is -0.388 e. The molecule has 0 radical (unpaired) electrons. The van der Waals surface area contributed by atoms with Gasteiger partial charge in [-0.3, -0.25) is 4.98 Å². The molecule has 0 saturated carbocycles. The zero-order valence-electron chi connectivity index (χ0n) is 9.95. The second-order valence-electron chi connectivity index (χ2n) is 3.82. The molecule has 2 aromatic rings. The van der Waals surface area contributed by atoms with Gasteiger partial charge < -0.3 is 15.5 Å². The molecule has 0 aromatic carbocycles. The van der Waals surface area contributed by atoms with Crippen molar-refractivity contribution < 1.29 is 14.3 Å². The molecule has 2 heterocycles. The summed E-state index contributed by atoms with van der Waals surface area (Å²) in [6.45, 7) is 0. The van der Waals surface area contributed by atoms with Crippen LogP contribution in [-0.2, 0) is 16.0 Å². The number of carbonyl (C=O) groups excluding carboxylic acids is 2. The van der Waals surface area contributed by atoms with Gasteiger partial charge in [-0.05, 0) is 12.1 Å².